The Bertz CT molecular complexity index is 905. The number of carbonyl (C=O) groups is 1. The van der Waals surface area contributed by atoms with Crippen LogP contribution in [0.2, 0.25) is 0 Å². The van der Waals surface area contributed by atoms with E-state index in [1.165, 1.54) is 12.1 Å². The first-order valence-corrected chi connectivity index (χ1v) is 9.44. The number of halogens is 1. The summed E-state index contributed by atoms with van der Waals surface area (Å²) in [5.41, 5.74) is 2.92. The molecular weight excluding hydrogens is 363 g/mol. The highest BCUT2D eigenvalue weighted by Gasteiger charge is 2.10. The average molecular weight is 384 g/mol. The summed E-state index contributed by atoms with van der Waals surface area (Å²) in [7, 11) is 1.61. The monoisotopic (exact) mass is 384 g/mol. The largest absolute Gasteiger partial charge is 0.497 e. The zero-order valence-corrected chi connectivity index (χ0v) is 16.1. The summed E-state index contributed by atoms with van der Waals surface area (Å²) in [5, 5.41) is 3.78. The van der Waals surface area contributed by atoms with E-state index >= 15 is 0 Å². The molecule has 0 aliphatic rings. The fourth-order valence-electron chi connectivity index (χ4n) is 2.68. The van der Waals surface area contributed by atoms with Crippen molar-refractivity contribution in [3.63, 3.8) is 0 Å². The van der Waals surface area contributed by atoms with Gasteiger partial charge in [-0.15, -0.1) is 11.3 Å². The molecule has 1 aromatic heterocycles. The third kappa shape index (κ3) is 5.37. The van der Waals surface area contributed by atoms with Crippen LogP contribution in [0.4, 0.5) is 4.39 Å². The smallest absolute Gasteiger partial charge is 0.224 e. The van der Waals surface area contributed by atoms with Gasteiger partial charge in [-0.05, 0) is 42.3 Å². The molecule has 3 aromatic rings. The Labute approximate surface area is 162 Å². The van der Waals surface area contributed by atoms with E-state index in [0.29, 0.717) is 19.4 Å². The number of amides is 1. The Morgan fingerprint density at radius 2 is 1.78 bits per heavy atom. The Morgan fingerprint density at radius 3 is 2.44 bits per heavy atom. The Kier molecular flexibility index (Phi) is 6.19. The number of hydrogen-bond acceptors (Lipinski definition) is 4. The quantitative estimate of drug-likeness (QED) is 0.669. The number of carbonyl (C=O) groups excluding carboxylic acids is 1. The van der Waals surface area contributed by atoms with Crippen molar-refractivity contribution in [1.29, 1.82) is 0 Å². The second-order valence-electron chi connectivity index (χ2n) is 6.22. The van der Waals surface area contributed by atoms with Crippen LogP contribution in [0.25, 0.3) is 0 Å². The highest BCUT2D eigenvalue weighted by molar-refractivity contribution is 7.11. The Balaban J connectivity index is 1.54. The van der Waals surface area contributed by atoms with Gasteiger partial charge in [0.05, 0.1) is 25.8 Å². The third-order valence-electron chi connectivity index (χ3n) is 4.18. The van der Waals surface area contributed by atoms with Gasteiger partial charge in [-0.2, -0.15) is 0 Å². The van der Waals surface area contributed by atoms with Crippen molar-refractivity contribution < 1.29 is 13.9 Å². The molecule has 3 rings (SSSR count). The maximum absolute atomic E-state index is 13.0. The topological polar surface area (TPSA) is 51.2 Å². The fourth-order valence-corrected chi connectivity index (χ4v) is 3.72. The van der Waals surface area contributed by atoms with Gasteiger partial charge >= 0.3 is 0 Å². The predicted octanol–water partition coefficient (Wildman–Crippen LogP) is 4.05. The van der Waals surface area contributed by atoms with Crippen LogP contribution in [0.15, 0.2) is 48.5 Å². The molecule has 0 bridgehead atoms. The molecule has 1 N–H and O–H groups in total. The average Bonchev–Trinajstić information content (AvgIpc) is 3.02. The number of nitrogens with zero attached hydrogens (tertiary/aromatic N) is 1. The Hall–Kier alpha value is -2.73. The number of methoxy groups -OCH3 is 1. The molecule has 0 saturated heterocycles. The number of nitrogens with one attached hydrogen (secondary N) is 1. The predicted molar refractivity (Wildman–Crippen MR) is 105 cm³/mol. The minimum atomic E-state index is -0.236. The first kappa shape index (κ1) is 19.0. The number of thiazole rings is 1. The number of aryl methyl sites for hydroxylation is 1. The van der Waals surface area contributed by atoms with Crippen LogP contribution < -0.4 is 10.1 Å². The zero-order valence-electron chi connectivity index (χ0n) is 15.3. The summed E-state index contributed by atoms with van der Waals surface area (Å²) in [6.45, 7) is 2.36. The molecule has 27 heavy (non-hydrogen) atoms. The highest BCUT2D eigenvalue weighted by Crippen LogP contribution is 2.22. The lowest BCUT2D eigenvalue weighted by molar-refractivity contribution is -0.120. The lowest BCUT2D eigenvalue weighted by Crippen LogP contribution is -2.24. The van der Waals surface area contributed by atoms with E-state index in [0.717, 1.165) is 32.5 Å². The standard InChI is InChI=1S/C21H21FN2O2S/c1-14-19(11-15-3-7-17(22)8-4-15)27-21(24-14)13-23-20(25)12-16-5-9-18(26-2)10-6-16/h3-10H,11-13H2,1-2H3,(H,23,25). The fraction of sp³-hybridized carbons (Fsp3) is 0.238. The van der Waals surface area contributed by atoms with Crippen molar-refractivity contribution in [3.05, 3.63) is 81.1 Å². The van der Waals surface area contributed by atoms with E-state index in [4.69, 9.17) is 4.74 Å². The number of hydrogen-bond donors (Lipinski definition) is 1. The van der Waals surface area contributed by atoms with Crippen LogP contribution in [0.5, 0.6) is 5.75 Å². The SMILES string of the molecule is COc1ccc(CC(=O)NCc2nc(C)c(Cc3ccc(F)cc3)s2)cc1. The van der Waals surface area contributed by atoms with Gasteiger partial charge in [0.2, 0.25) is 5.91 Å². The van der Waals surface area contributed by atoms with Crippen molar-refractivity contribution in [1.82, 2.24) is 10.3 Å². The normalized spacial score (nSPS) is 10.6. The van der Waals surface area contributed by atoms with E-state index in [-0.39, 0.29) is 11.7 Å². The molecular formula is C21H21FN2O2S. The second kappa shape index (κ2) is 8.77. The van der Waals surface area contributed by atoms with Gasteiger partial charge in [-0.3, -0.25) is 4.79 Å². The van der Waals surface area contributed by atoms with Gasteiger partial charge < -0.3 is 10.1 Å². The van der Waals surface area contributed by atoms with Gasteiger partial charge in [0.1, 0.15) is 16.6 Å². The molecule has 140 valence electrons. The number of ether oxygens (including phenoxy) is 1. The van der Waals surface area contributed by atoms with Crippen LogP contribution in [-0.2, 0) is 24.2 Å². The molecule has 0 atom stereocenters. The first-order chi connectivity index (χ1) is 13.0. The van der Waals surface area contributed by atoms with Crippen LogP contribution in [0, 0.1) is 12.7 Å². The zero-order chi connectivity index (χ0) is 19.2. The van der Waals surface area contributed by atoms with E-state index in [9.17, 15) is 9.18 Å². The van der Waals surface area contributed by atoms with Gasteiger partial charge in [-0.25, -0.2) is 9.37 Å². The van der Waals surface area contributed by atoms with E-state index in [1.807, 2.05) is 31.2 Å². The molecule has 0 aliphatic carbocycles. The van der Waals surface area contributed by atoms with Crippen molar-refractivity contribution in [2.45, 2.75) is 26.3 Å². The molecule has 6 heteroatoms. The van der Waals surface area contributed by atoms with Crippen molar-refractivity contribution in [2.75, 3.05) is 7.11 Å². The molecule has 1 amide bonds. The maximum atomic E-state index is 13.0. The summed E-state index contributed by atoms with van der Waals surface area (Å²) in [6.07, 6.45) is 1.03. The minimum Gasteiger partial charge on any atom is -0.497 e. The van der Waals surface area contributed by atoms with Crippen molar-refractivity contribution in [2.24, 2.45) is 0 Å². The molecule has 0 spiro atoms. The molecule has 0 radical (unpaired) electrons. The second-order valence-corrected chi connectivity index (χ2v) is 7.39. The Morgan fingerprint density at radius 1 is 1.11 bits per heavy atom. The van der Waals surface area contributed by atoms with Gasteiger partial charge in [0.15, 0.2) is 0 Å². The molecule has 0 unspecified atom stereocenters. The number of aromatic nitrogens is 1. The highest BCUT2D eigenvalue weighted by atomic mass is 32.1. The summed E-state index contributed by atoms with van der Waals surface area (Å²) in [6, 6.07) is 13.9. The number of benzene rings is 2. The van der Waals surface area contributed by atoms with Crippen LogP contribution >= 0.6 is 11.3 Å². The van der Waals surface area contributed by atoms with Gasteiger partial charge in [0.25, 0.3) is 0 Å². The molecule has 0 fully saturated rings. The van der Waals surface area contributed by atoms with Gasteiger partial charge in [0, 0.05) is 11.3 Å². The molecule has 2 aromatic carbocycles. The molecule has 0 saturated carbocycles. The molecule has 0 aliphatic heterocycles. The van der Waals surface area contributed by atoms with E-state index in [2.05, 4.69) is 10.3 Å². The molecule has 1 heterocycles. The summed E-state index contributed by atoms with van der Waals surface area (Å²) in [5.74, 6) is 0.485. The summed E-state index contributed by atoms with van der Waals surface area (Å²) >= 11 is 1.58. The number of rotatable bonds is 7. The lowest BCUT2D eigenvalue weighted by Gasteiger charge is -2.04. The summed E-state index contributed by atoms with van der Waals surface area (Å²) < 4.78 is 18.1. The van der Waals surface area contributed by atoms with Crippen molar-refractivity contribution in [3.8, 4) is 5.75 Å². The minimum absolute atomic E-state index is 0.0481. The maximum Gasteiger partial charge on any atom is 0.224 e. The van der Waals surface area contributed by atoms with Crippen molar-refractivity contribution >= 4 is 17.2 Å². The molecule has 4 nitrogen and oxygen atoms in total. The van der Waals surface area contributed by atoms with Gasteiger partial charge in [-0.1, -0.05) is 24.3 Å². The van der Waals surface area contributed by atoms with Crippen LogP contribution in [0.3, 0.4) is 0 Å². The van der Waals surface area contributed by atoms with Crippen LogP contribution in [-0.4, -0.2) is 18.0 Å². The lowest BCUT2D eigenvalue weighted by atomic mass is 10.1. The van der Waals surface area contributed by atoms with E-state index in [1.54, 1.807) is 30.6 Å². The third-order valence-corrected chi connectivity index (χ3v) is 5.33. The first-order valence-electron chi connectivity index (χ1n) is 8.62. The summed E-state index contributed by atoms with van der Waals surface area (Å²) in [4.78, 5) is 17.8. The van der Waals surface area contributed by atoms with Crippen LogP contribution in [0.1, 0.15) is 26.7 Å². The van der Waals surface area contributed by atoms with E-state index < -0.39 is 0 Å².